The fraction of sp³-hybridized carbons (Fsp3) is 0.371. The van der Waals surface area contributed by atoms with Gasteiger partial charge in [-0.05, 0) is 62.9 Å². The Hall–Kier alpha value is -4.64. The maximum atomic E-state index is 17.5. The van der Waals surface area contributed by atoms with E-state index in [0.717, 1.165) is 54.8 Å². The summed E-state index contributed by atoms with van der Waals surface area (Å²) in [6, 6.07) is 10.7. The number of fused-ring (bicyclic) bond motifs is 5. The van der Waals surface area contributed by atoms with Crippen molar-refractivity contribution in [3.05, 3.63) is 69.0 Å². The van der Waals surface area contributed by atoms with Gasteiger partial charge < -0.3 is 30.2 Å². The second-order valence-corrected chi connectivity index (χ2v) is 14.5. The standard InChI is InChI=1S/C35H32F2N8O2S/c1-43-12-11-21-17(14-43)3-2-4-25(21)47-35-41-29-27(33(42-35)44-15-18-5-6-19(16-44)40-18)34(46)45(20-7-8-20)30(28(29)37)22-9-10-24(36)31-26(22)23(13-38)32(39)48-31/h2-4,9-10,18-20,40H,5-8,11-12,14-16,39H2,1H3. The molecule has 3 aromatic heterocycles. The molecule has 3 aliphatic heterocycles. The smallest absolute Gasteiger partial charge is 0.324 e. The molecule has 2 saturated heterocycles. The minimum atomic E-state index is -0.749. The maximum Gasteiger partial charge on any atom is 0.324 e. The van der Waals surface area contributed by atoms with E-state index in [2.05, 4.69) is 39.3 Å². The predicted octanol–water partition coefficient (Wildman–Crippen LogP) is 5.46. The molecule has 2 bridgehead atoms. The van der Waals surface area contributed by atoms with Crippen LogP contribution in [0.1, 0.15) is 48.4 Å². The Kier molecular flexibility index (Phi) is 6.73. The Morgan fingerprint density at radius 3 is 2.62 bits per heavy atom. The highest BCUT2D eigenvalue weighted by Crippen LogP contribution is 2.46. The summed E-state index contributed by atoms with van der Waals surface area (Å²) in [6.07, 6.45) is 4.16. The SMILES string of the molecule is CN1CCc2c(cccc2Oc2nc(N3CC4CCC(C3)N4)c3c(=O)n(C4CC4)c(-c4ccc(F)c5sc(N)c(C#N)c45)c(F)c3n2)C1. The van der Waals surface area contributed by atoms with Crippen LogP contribution in [0.4, 0.5) is 19.6 Å². The van der Waals surface area contributed by atoms with Crippen molar-refractivity contribution >= 4 is 43.1 Å². The van der Waals surface area contributed by atoms with Crippen molar-refractivity contribution in [1.82, 2.24) is 24.8 Å². The van der Waals surface area contributed by atoms with Crippen LogP contribution >= 0.6 is 11.3 Å². The monoisotopic (exact) mass is 666 g/mol. The van der Waals surface area contributed by atoms with Gasteiger partial charge in [-0.2, -0.15) is 15.2 Å². The Morgan fingerprint density at radius 2 is 1.88 bits per heavy atom. The molecule has 1 aliphatic carbocycles. The Bertz CT molecular complexity index is 2260. The van der Waals surface area contributed by atoms with Crippen LogP contribution in [-0.4, -0.2) is 58.2 Å². The van der Waals surface area contributed by atoms with E-state index < -0.39 is 17.2 Å². The number of ether oxygens (including phenoxy) is 1. The average Bonchev–Trinajstić information content (AvgIpc) is 3.78. The van der Waals surface area contributed by atoms with Crippen LogP contribution in [-0.2, 0) is 13.0 Å². The third-order valence-corrected chi connectivity index (χ3v) is 11.2. The van der Waals surface area contributed by atoms with E-state index in [4.69, 9.17) is 15.5 Å². The van der Waals surface area contributed by atoms with Gasteiger partial charge in [0.25, 0.3) is 5.56 Å². The van der Waals surface area contributed by atoms with Gasteiger partial charge in [-0.1, -0.05) is 12.1 Å². The molecule has 1 saturated carbocycles. The molecule has 48 heavy (non-hydrogen) atoms. The first-order valence-electron chi connectivity index (χ1n) is 16.3. The lowest BCUT2D eigenvalue weighted by atomic mass is 9.99. The highest BCUT2D eigenvalue weighted by Gasteiger charge is 2.38. The highest BCUT2D eigenvalue weighted by molar-refractivity contribution is 7.23. The molecule has 2 aromatic carbocycles. The molecule has 10 nitrogen and oxygen atoms in total. The molecule has 4 aliphatic rings. The van der Waals surface area contributed by atoms with Crippen molar-refractivity contribution in [2.75, 3.05) is 37.3 Å². The first kappa shape index (κ1) is 29.5. The van der Waals surface area contributed by atoms with Crippen LogP contribution in [0.15, 0.2) is 35.1 Å². The van der Waals surface area contributed by atoms with E-state index in [9.17, 15) is 10.1 Å². The summed E-state index contributed by atoms with van der Waals surface area (Å²) in [5.41, 5.74) is 8.00. The van der Waals surface area contributed by atoms with Crippen molar-refractivity contribution in [3.8, 4) is 29.1 Å². The molecule has 9 rings (SSSR count). The van der Waals surface area contributed by atoms with E-state index >= 15 is 8.78 Å². The number of thiophene rings is 1. The molecule has 0 spiro atoms. The van der Waals surface area contributed by atoms with Crippen LogP contribution in [0, 0.1) is 23.0 Å². The molecule has 6 heterocycles. The highest BCUT2D eigenvalue weighted by atomic mass is 32.1. The van der Waals surface area contributed by atoms with E-state index in [-0.39, 0.29) is 66.9 Å². The normalized spacial score (nSPS) is 20.8. The van der Waals surface area contributed by atoms with Crippen LogP contribution < -0.4 is 26.2 Å². The van der Waals surface area contributed by atoms with E-state index in [0.29, 0.717) is 37.5 Å². The zero-order valence-corrected chi connectivity index (χ0v) is 27.0. The average molecular weight is 667 g/mol. The summed E-state index contributed by atoms with van der Waals surface area (Å²) in [5, 5.41) is 14.0. The van der Waals surface area contributed by atoms with Gasteiger partial charge in [-0.25, -0.2) is 8.78 Å². The number of benzene rings is 2. The summed E-state index contributed by atoms with van der Waals surface area (Å²) >= 11 is 0.934. The number of pyridine rings is 1. The second-order valence-electron chi connectivity index (χ2n) is 13.4. The van der Waals surface area contributed by atoms with Crippen LogP contribution in [0.5, 0.6) is 11.8 Å². The van der Waals surface area contributed by atoms with Crippen LogP contribution in [0.25, 0.3) is 32.2 Å². The largest absolute Gasteiger partial charge is 0.424 e. The number of likely N-dealkylation sites (N-methyl/N-ethyl adjacent to an activating group) is 1. The number of nitrogen functional groups attached to an aromatic ring is 1. The minimum absolute atomic E-state index is 0.0367. The topological polar surface area (TPSA) is 125 Å². The molecule has 244 valence electrons. The number of nitrogens with one attached hydrogen (secondary N) is 1. The molecule has 0 radical (unpaired) electrons. The van der Waals surface area contributed by atoms with Gasteiger partial charge >= 0.3 is 6.01 Å². The Morgan fingerprint density at radius 1 is 1.08 bits per heavy atom. The van der Waals surface area contributed by atoms with Crippen molar-refractivity contribution in [2.45, 2.75) is 56.8 Å². The first-order chi connectivity index (χ1) is 23.3. The quantitative estimate of drug-likeness (QED) is 0.252. The van der Waals surface area contributed by atoms with Gasteiger partial charge in [0, 0.05) is 60.8 Å². The van der Waals surface area contributed by atoms with Crippen LogP contribution in [0.2, 0.25) is 0 Å². The fourth-order valence-corrected chi connectivity index (χ4v) is 8.75. The molecular formula is C35H32F2N8O2S. The fourth-order valence-electron chi connectivity index (χ4n) is 7.81. The zero-order valence-electron chi connectivity index (χ0n) is 26.2. The van der Waals surface area contributed by atoms with Gasteiger partial charge in [0.05, 0.1) is 16.0 Å². The lowest BCUT2D eigenvalue weighted by Gasteiger charge is -2.34. The van der Waals surface area contributed by atoms with Gasteiger partial charge in [0.2, 0.25) is 0 Å². The second kappa shape index (κ2) is 10.9. The number of rotatable bonds is 5. The van der Waals surface area contributed by atoms with Crippen molar-refractivity contribution < 1.29 is 13.5 Å². The Labute approximate surface area is 278 Å². The minimum Gasteiger partial charge on any atom is -0.424 e. The molecule has 2 unspecified atom stereocenters. The van der Waals surface area contributed by atoms with E-state index in [1.165, 1.54) is 16.7 Å². The zero-order chi connectivity index (χ0) is 32.8. The summed E-state index contributed by atoms with van der Waals surface area (Å²) in [5.74, 6) is -0.365. The predicted molar refractivity (Wildman–Crippen MR) is 181 cm³/mol. The van der Waals surface area contributed by atoms with Gasteiger partial charge in [0.15, 0.2) is 5.82 Å². The van der Waals surface area contributed by atoms with Crippen LogP contribution in [0.3, 0.4) is 0 Å². The van der Waals surface area contributed by atoms with E-state index in [1.807, 2.05) is 12.1 Å². The lowest BCUT2D eigenvalue weighted by molar-refractivity contribution is 0.308. The number of halogens is 2. The summed E-state index contributed by atoms with van der Waals surface area (Å²) < 4.78 is 40.5. The number of aromatic nitrogens is 3. The number of anilines is 2. The summed E-state index contributed by atoms with van der Waals surface area (Å²) in [4.78, 5) is 28.5. The number of nitrogens with two attached hydrogens (primary N) is 1. The third kappa shape index (κ3) is 4.57. The van der Waals surface area contributed by atoms with Crippen molar-refractivity contribution in [3.63, 3.8) is 0 Å². The van der Waals surface area contributed by atoms with E-state index in [1.54, 1.807) is 0 Å². The molecule has 3 fully saturated rings. The number of nitrogens with zero attached hydrogens (tertiary/aromatic N) is 6. The molecule has 5 aromatic rings. The first-order valence-corrected chi connectivity index (χ1v) is 17.2. The number of piperazine rings is 1. The number of hydrogen-bond donors (Lipinski definition) is 2. The van der Waals surface area contributed by atoms with Gasteiger partial charge in [0.1, 0.15) is 39.4 Å². The number of nitriles is 1. The summed E-state index contributed by atoms with van der Waals surface area (Å²) in [7, 11) is 2.07. The molecule has 0 amide bonds. The Balaban J connectivity index is 1.31. The number of hydrogen-bond acceptors (Lipinski definition) is 10. The molecular weight excluding hydrogens is 635 g/mol. The molecule has 3 N–H and O–H groups in total. The maximum absolute atomic E-state index is 17.5. The van der Waals surface area contributed by atoms with Gasteiger partial charge in [-0.15, -0.1) is 11.3 Å². The van der Waals surface area contributed by atoms with Crippen molar-refractivity contribution in [2.24, 2.45) is 0 Å². The third-order valence-electron chi connectivity index (χ3n) is 10.2. The molecule has 2 atom stereocenters. The van der Waals surface area contributed by atoms with Gasteiger partial charge in [-0.3, -0.25) is 4.79 Å². The van der Waals surface area contributed by atoms with Crippen molar-refractivity contribution in [1.29, 1.82) is 5.26 Å². The molecule has 13 heteroatoms. The summed E-state index contributed by atoms with van der Waals surface area (Å²) in [6.45, 7) is 2.87. The lowest BCUT2D eigenvalue weighted by Crippen LogP contribution is -2.51.